The zero-order chi connectivity index (χ0) is 33.3. The van der Waals surface area contributed by atoms with Gasteiger partial charge in [-0.25, -0.2) is 4.79 Å². The van der Waals surface area contributed by atoms with Gasteiger partial charge in [0, 0.05) is 26.6 Å². The van der Waals surface area contributed by atoms with Crippen LogP contribution >= 0.6 is 0 Å². The van der Waals surface area contributed by atoms with Gasteiger partial charge in [0.15, 0.2) is 0 Å². The summed E-state index contributed by atoms with van der Waals surface area (Å²) in [5, 5.41) is 16.2. The van der Waals surface area contributed by atoms with Crippen LogP contribution in [0.3, 0.4) is 0 Å². The number of hydrogen-bond acceptors (Lipinski definition) is 3. The molecule has 4 saturated carbocycles. The molecule has 0 radical (unpaired) electrons. The monoisotopic (exact) mass is 628 g/mol. The van der Waals surface area contributed by atoms with Crippen LogP contribution in [0.1, 0.15) is 122 Å². The molecule has 0 saturated heterocycles. The van der Waals surface area contributed by atoms with E-state index in [9.17, 15) is 14.7 Å². The van der Waals surface area contributed by atoms with Crippen LogP contribution in [0.4, 0.5) is 0 Å². The van der Waals surface area contributed by atoms with Gasteiger partial charge in [-0.3, -0.25) is 4.79 Å². The van der Waals surface area contributed by atoms with Crippen LogP contribution < -0.4 is 10.6 Å². The maximum Gasteiger partial charge on any atom is 0.335 e. The second-order valence-corrected chi connectivity index (χ2v) is 17.6. The van der Waals surface area contributed by atoms with E-state index in [1.165, 1.54) is 68.1 Å². The molecule has 0 aliphatic heterocycles. The van der Waals surface area contributed by atoms with Crippen molar-refractivity contribution in [3.63, 3.8) is 0 Å². The molecule has 0 heterocycles. The first-order valence-corrected chi connectivity index (χ1v) is 18.3. The molecule has 252 valence electrons. The lowest BCUT2D eigenvalue weighted by Crippen LogP contribution is -2.65. The fourth-order valence-electron chi connectivity index (χ4n) is 13.1. The molecule has 0 bridgehead atoms. The van der Waals surface area contributed by atoms with Gasteiger partial charge in [0.1, 0.15) is 0 Å². The van der Waals surface area contributed by atoms with Crippen molar-refractivity contribution in [3.05, 3.63) is 53.6 Å². The van der Waals surface area contributed by atoms with Crippen molar-refractivity contribution in [2.45, 2.75) is 106 Å². The molecule has 4 fully saturated rings. The predicted molar refractivity (Wildman–Crippen MR) is 187 cm³/mol. The highest BCUT2D eigenvalue weighted by Gasteiger charge is 2.70. The van der Waals surface area contributed by atoms with E-state index in [-0.39, 0.29) is 16.7 Å². The molecule has 5 nitrogen and oxygen atoms in total. The number of carbonyl (C=O) groups is 2. The van der Waals surface area contributed by atoms with Crippen molar-refractivity contribution in [2.75, 3.05) is 19.6 Å². The molecule has 1 amide bonds. The van der Waals surface area contributed by atoms with E-state index in [1.807, 2.05) is 12.1 Å². The lowest BCUT2D eigenvalue weighted by atomic mass is 9.32. The van der Waals surface area contributed by atoms with Gasteiger partial charge in [-0.15, -0.1) is 0 Å². The summed E-state index contributed by atoms with van der Waals surface area (Å²) in [6.45, 7) is 24.1. The summed E-state index contributed by atoms with van der Waals surface area (Å²) in [5.74, 6) is 2.49. The van der Waals surface area contributed by atoms with Gasteiger partial charge >= 0.3 is 5.97 Å². The highest BCUT2D eigenvalue weighted by atomic mass is 16.4. The number of benzene rings is 1. The summed E-state index contributed by atoms with van der Waals surface area (Å²) >= 11 is 0. The summed E-state index contributed by atoms with van der Waals surface area (Å²) < 4.78 is 0. The zero-order valence-corrected chi connectivity index (χ0v) is 29.7. The fourth-order valence-corrected chi connectivity index (χ4v) is 13.1. The maximum atomic E-state index is 11.5. The minimum absolute atomic E-state index is 0.0258. The summed E-state index contributed by atoms with van der Waals surface area (Å²) in [6, 6.07) is 7.60. The number of allylic oxidation sites excluding steroid dienone is 3. The normalized spacial score (nSPS) is 40.8. The first-order valence-electron chi connectivity index (χ1n) is 18.3. The van der Waals surface area contributed by atoms with E-state index >= 15 is 0 Å². The Labute approximate surface area is 278 Å². The minimum Gasteiger partial charge on any atom is -0.478 e. The number of fused-ring (bicyclic) bond motifs is 7. The van der Waals surface area contributed by atoms with Gasteiger partial charge in [-0.05, 0) is 145 Å². The summed E-state index contributed by atoms with van der Waals surface area (Å²) in [5.41, 5.74) is 5.55. The Morgan fingerprint density at radius 3 is 2.24 bits per heavy atom. The van der Waals surface area contributed by atoms with Crippen LogP contribution in [0, 0.1) is 56.7 Å². The van der Waals surface area contributed by atoms with Gasteiger partial charge in [-0.1, -0.05) is 65.0 Å². The molecular formula is C41H60N2O3. The topological polar surface area (TPSA) is 78.4 Å². The minimum atomic E-state index is -0.864. The maximum absolute atomic E-state index is 11.5. The van der Waals surface area contributed by atoms with Crippen LogP contribution in [0.15, 0.2) is 42.5 Å². The highest BCUT2D eigenvalue weighted by Crippen LogP contribution is 2.77. The van der Waals surface area contributed by atoms with E-state index in [4.69, 9.17) is 0 Å². The molecule has 46 heavy (non-hydrogen) atoms. The zero-order valence-electron chi connectivity index (χ0n) is 29.7. The Hall–Kier alpha value is -2.40. The second-order valence-electron chi connectivity index (χ2n) is 17.6. The van der Waals surface area contributed by atoms with Crippen molar-refractivity contribution in [1.29, 1.82) is 0 Å². The van der Waals surface area contributed by atoms with E-state index < -0.39 is 5.97 Å². The Bertz CT molecular complexity index is 1410. The SMILES string of the molecule is C=C(C)[C@@H]1CC[C@]2(CNCCNC(C)=O)CC[C@]3(C)[C@H](CC[C@@H]4[C@@]5(C)CC=C(c6ccc(C(=O)O)cc6)C(C)(C)[C@@H]5CC[C@]43C)[C@@H]12. The molecule has 1 aromatic rings. The molecule has 5 aliphatic rings. The van der Waals surface area contributed by atoms with Crippen molar-refractivity contribution in [3.8, 4) is 0 Å². The molecule has 0 aromatic heterocycles. The average Bonchev–Trinajstić information content (AvgIpc) is 3.37. The molecule has 0 unspecified atom stereocenters. The lowest BCUT2D eigenvalue weighted by molar-refractivity contribution is -0.225. The van der Waals surface area contributed by atoms with Crippen molar-refractivity contribution >= 4 is 17.4 Å². The van der Waals surface area contributed by atoms with E-state index in [2.05, 4.69) is 64.8 Å². The summed E-state index contributed by atoms with van der Waals surface area (Å²) in [4.78, 5) is 23.0. The average molecular weight is 629 g/mol. The molecule has 0 spiro atoms. The third kappa shape index (κ3) is 4.96. The number of rotatable bonds is 8. The molecule has 3 N–H and O–H groups in total. The van der Waals surface area contributed by atoms with Crippen molar-refractivity contribution < 1.29 is 14.7 Å². The van der Waals surface area contributed by atoms with Gasteiger partial charge in [-0.2, -0.15) is 0 Å². The smallest absolute Gasteiger partial charge is 0.335 e. The quantitative estimate of drug-likeness (QED) is 0.199. The first-order chi connectivity index (χ1) is 21.6. The van der Waals surface area contributed by atoms with Gasteiger partial charge < -0.3 is 15.7 Å². The third-order valence-corrected chi connectivity index (χ3v) is 15.4. The molecule has 5 heteroatoms. The van der Waals surface area contributed by atoms with Gasteiger partial charge in [0.2, 0.25) is 5.91 Å². The Morgan fingerprint density at radius 2 is 1.59 bits per heavy atom. The van der Waals surface area contributed by atoms with E-state index in [1.54, 1.807) is 19.1 Å². The number of amides is 1. The standard InChI is InChI=1S/C41H60N2O3/c1-26(2)30-15-20-41(25-42-23-24-43-27(3)44)22-21-39(7)32(35(30)41)13-14-34-38(6)18-16-31(28-9-11-29(12-10-28)36(45)46)37(4,5)33(38)17-19-40(34,39)8/h9-12,16,30,32-35,42H,1,13-15,17-25H2,2-8H3,(H,43,44)(H,45,46)/t30-,32+,33-,34+,35+,38-,39+,40+,41+/m0/s1. The van der Waals surface area contributed by atoms with E-state index in [0.29, 0.717) is 52.0 Å². The summed E-state index contributed by atoms with van der Waals surface area (Å²) in [7, 11) is 0. The van der Waals surface area contributed by atoms with Crippen molar-refractivity contribution in [2.24, 2.45) is 56.7 Å². The number of carbonyl (C=O) groups excluding carboxylic acids is 1. The van der Waals surface area contributed by atoms with Gasteiger partial charge in [0.25, 0.3) is 0 Å². The number of carboxylic acids is 1. The second kappa shape index (κ2) is 11.6. The predicted octanol–water partition coefficient (Wildman–Crippen LogP) is 8.76. The lowest BCUT2D eigenvalue weighted by Gasteiger charge is -2.72. The van der Waals surface area contributed by atoms with Crippen LogP contribution in [0.5, 0.6) is 0 Å². The Kier molecular flexibility index (Phi) is 8.47. The highest BCUT2D eigenvalue weighted by molar-refractivity contribution is 5.88. The molecular weight excluding hydrogens is 568 g/mol. The largest absolute Gasteiger partial charge is 0.478 e. The molecule has 1 aromatic carbocycles. The number of carboxylic acid groups (broad SMARTS) is 1. The number of aromatic carboxylic acids is 1. The van der Waals surface area contributed by atoms with Gasteiger partial charge in [0.05, 0.1) is 5.56 Å². The van der Waals surface area contributed by atoms with Crippen LogP contribution in [-0.2, 0) is 4.79 Å². The van der Waals surface area contributed by atoms with Crippen LogP contribution in [0.25, 0.3) is 5.57 Å². The third-order valence-electron chi connectivity index (χ3n) is 15.4. The molecule has 5 aliphatic carbocycles. The van der Waals surface area contributed by atoms with Crippen LogP contribution in [-0.4, -0.2) is 36.6 Å². The van der Waals surface area contributed by atoms with Crippen LogP contribution in [0.2, 0.25) is 0 Å². The molecule has 6 rings (SSSR count). The Balaban J connectivity index is 1.29. The molecule has 9 atom stereocenters. The van der Waals surface area contributed by atoms with E-state index in [0.717, 1.165) is 25.4 Å². The van der Waals surface area contributed by atoms with Crippen molar-refractivity contribution in [1.82, 2.24) is 10.6 Å². The summed E-state index contributed by atoms with van der Waals surface area (Å²) in [6.07, 6.45) is 14.0. The number of nitrogens with one attached hydrogen (secondary N) is 2. The fraction of sp³-hybridized carbons (Fsp3) is 0.707. The number of hydrogen-bond donors (Lipinski definition) is 3. The Morgan fingerprint density at radius 1 is 0.870 bits per heavy atom. The first kappa shape index (κ1) is 33.5.